The smallest absolute Gasteiger partial charge is 0.122 e. The molecule has 17 heavy (non-hydrogen) atoms. The lowest BCUT2D eigenvalue weighted by atomic mass is 10.1. The highest BCUT2D eigenvalue weighted by Gasteiger charge is 2.03. The van der Waals surface area contributed by atoms with Crippen LogP contribution in [0.1, 0.15) is 38.8 Å². The second-order valence-corrected chi connectivity index (χ2v) is 3.77. The Bertz CT molecular complexity index is 306. The average molecular weight is 237 g/mol. The summed E-state index contributed by atoms with van der Waals surface area (Å²) in [5.74, 6) is 0.986. The van der Waals surface area contributed by atoms with E-state index in [-0.39, 0.29) is 0 Å². The van der Waals surface area contributed by atoms with E-state index in [1.54, 1.807) is 7.11 Å². The fourth-order valence-electron chi connectivity index (χ4n) is 1.67. The fraction of sp³-hybridized carbons (Fsp3) is 0.600. The van der Waals surface area contributed by atoms with E-state index >= 15 is 0 Å². The molecule has 0 aliphatic carbocycles. The summed E-state index contributed by atoms with van der Waals surface area (Å²) in [7, 11) is 1.73. The minimum absolute atomic E-state index is 0.986. The summed E-state index contributed by atoms with van der Waals surface area (Å²) in [6.07, 6.45) is 0. The molecular weight excluding hydrogens is 210 g/mol. The van der Waals surface area contributed by atoms with Gasteiger partial charge in [0.1, 0.15) is 5.75 Å². The number of hydrogen-bond acceptors (Lipinski definition) is 2. The van der Waals surface area contributed by atoms with E-state index in [0.29, 0.717) is 0 Å². The highest BCUT2D eigenvalue weighted by molar-refractivity contribution is 5.36. The molecule has 2 nitrogen and oxygen atoms in total. The molecule has 0 atom stereocenters. The van der Waals surface area contributed by atoms with Crippen molar-refractivity contribution in [2.75, 3.05) is 20.2 Å². The molecule has 2 heteroatoms. The van der Waals surface area contributed by atoms with Crippen molar-refractivity contribution in [3.8, 4) is 5.75 Å². The van der Waals surface area contributed by atoms with E-state index in [1.165, 1.54) is 11.1 Å². The molecule has 0 saturated carbocycles. The maximum atomic E-state index is 5.32. The van der Waals surface area contributed by atoms with Gasteiger partial charge in [0.15, 0.2) is 0 Å². The quantitative estimate of drug-likeness (QED) is 0.770. The molecule has 1 aromatic rings. The minimum Gasteiger partial charge on any atom is -0.496 e. The lowest BCUT2D eigenvalue weighted by Crippen LogP contribution is -2.22. The normalized spacial score (nSPS) is 9.82. The number of methoxy groups -OCH3 is 1. The summed E-state index contributed by atoms with van der Waals surface area (Å²) in [5.41, 5.74) is 2.52. The topological polar surface area (TPSA) is 12.5 Å². The molecule has 0 spiro atoms. The van der Waals surface area contributed by atoms with Crippen LogP contribution in [0.5, 0.6) is 5.75 Å². The largest absolute Gasteiger partial charge is 0.496 e. The van der Waals surface area contributed by atoms with Crippen molar-refractivity contribution in [1.29, 1.82) is 0 Å². The zero-order valence-electron chi connectivity index (χ0n) is 12.2. The Morgan fingerprint density at radius 2 is 1.71 bits per heavy atom. The maximum absolute atomic E-state index is 5.32. The zero-order chi connectivity index (χ0) is 13.3. The number of aryl methyl sites for hydroxylation is 1. The molecule has 0 heterocycles. The van der Waals surface area contributed by atoms with Gasteiger partial charge in [-0.05, 0) is 37.2 Å². The van der Waals surface area contributed by atoms with E-state index in [2.05, 4.69) is 43.9 Å². The van der Waals surface area contributed by atoms with E-state index in [0.717, 1.165) is 25.4 Å². The van der Waals surface area contributed by atoms with Gasteiger partial charge >= 0.3 is 0 Å². The van der Waals surface area contributed by atoms with Gasteiger partial charge in [0, 0.05) is 6.54 Å². The Morgan fingerprint density at radius 3 is 2.18 bits per heavy atom. The molecule has 1 rings (SSSR count). The van der Waals surface area contributed by atoms with Crippen molar-refractivity contribution < 1.29 is 4.74 Å². The number of rotatable bonds is 5. The Kier molecular flexibility index (Phi) is 8.51. The van der Waals surface area contributed by atoms with Crippen LogP contribution in [0.25, 0.3) is 0 Å². The fourth-order valence-corrected chi connectivity index (χ4v) is 1.67. The highest BCUT2D eigenvalue weighted by Crippen LogP contribution is 2.19. The molecule has 0 fully saturated rings. The predicted octanol–water partition coefficient (Wildman–Crippen LogP) is 3.87. The first-order valence-corrected chi connectivity index (χ1v) is 6.57. The van der Waals surface area contributed by atoms with Gasteiger partial charge in [0.2, 0.25) is 0 Å². The molecular formula is C15H27NO. The SMILES string of the molecule is CC.CCN(CC)Cc1ccc(C)c(OC)c1. The molecule has 0 saturated heterocycles. The number of ether oxygens (including phenoxy) is 1. The van der Waals surface area contributed by atoms with Crippen LogP contribution >= 0.6 is 0 Å². The monoisotopic (exact) mass is 237 g/mol. The molecule has 1 aromatic carbocycles. The van der Waals surface area contributed by atoms with Crippen LogP contribution in [-0.4, -0.2) is 25.1 Å². The first-order chi connectivity index (χ1) is 8.21. The van der Waals surface area contributed by atoms with E-state index in [1.807, 2.05) is 13.8 Å². The standard InChI is InChI=1S/C13H21NO.C2H6/c1-5-14(6-2)10-12-8-7-11(3)13(9-12)15-4;1-2/h7-9H,5-6,10H2,1-4H3;1-2H3. The van der Waals surface area contributed by atoms with Gasteiger partial charge in [0.25, 0.3) is 0 Å². The second-order valence-electron chi connectivity index (χ2n) is 3.77. The summed E-state index contributed by atoms with van der Waals surface area (Å²) in [6, 6.07) is 6.43. The van der Waals surface area contributed by atoms with Crippen LogP contribution in [0.2, 0.25) is 0 Å². The van der Waals surface area contributed by atoms with Crippen LogP contribution < -0.4 is 4.74 Å². The summed E-state index contributed by atoms with van der Waals surface area (Å²) in [5, 5.41) is 0. The van der Waals surface area contributed by atoms with E-state index in [4.69, 9.17) is 4.74 Å². The first kappa shape index (κ1) is 16.0. The van der Waals surface area contributed by atoms with Gasteiger partial charge in [-0.15, -0.1) is 0 Å². The molecule has 0 unspecified atom stereocenters. The summed E-state index contributed by atoms with van der Waals surface area (Å²) >= 11 is 0. The molecule has 0 aliphatic heterocycles. The Morgan fingerprint density at radius 1 is 1.12 bits per heavy atom. The predicted molar refractivity (Wildman–Crippen MR) is 75.7 cm³/mol. The molecule has 0 aromatic heterocycles. The van der Waals surface area contributed by atoms with Gasteiger partial charge in [-0.3, -0.25) is 4.90 Å². The van der Waals surface area contributed by atoms with Gasteiger partial charge in [-0.1, -0.05) is 39.8 Å². The third-order valence-corrected chi connectivity index (χ3v) is 2.77. The van der Waals surface area contributed by atoms with Crippen molar-refractivity contribution >= 4 is 0 Å². The number of nitrogens with zero attached hydrogens (tertiary/aromatic N) is 1. The van der Waals surface area contributed by atoms with Crippen LogP contribution in [0.4, 0.5) is 0 Å². The summed E-state index contributed by atoms with van der Waals surface area (Å²) in [6.45, 7) is 13.6. The third kappa shape index (κ3) is 5.22. The lowest BCUT2D eigenvalue weighted by Gasteiger charge is -2.18. The second kappa shape index (κ2) is 9.06. The summed E-state index contributed by atoms with van der Waals surface area (Å²) in [4.78, 5) is 2.39. The Labute approximate surface area is 107 Å². The van der Waals surface area contributed by atoms with Crippen LogP contribution in [0.3, 0.4) is 0 Å². The minimum atomic E-state index is 0.986. The molecule has 0 aliphatic rings. The van der Waals surface area contributed by atoms with Crippen molar-refractivity contribution in [3.63, 3.8) is 0 Å². The number of hydrogen-bond donors (Lipinski definition) is 0. The van der Waals surface area contributed by atoms with Crippen molar-refractivity contribution in [1.82, 2.24) is 4.90 Å². The Hall–Kier alpha value is -1.02. The van der Waals surface area contributed by atoms with Crippen molar-refractivity contribution in [2.45, 2.75) is 41.2 Å². The highest BCUT2D eigenvalue weighted by atomic mass is 16.5. The van der Waals surface area contributed by atoms with Gasteiger partial charge in [-0.25, -0.2) is 0 Å². The average Bonchev–Trinajstić information content (AvgIpc) is 2.40. The third-order valence-electron chi connectivity index (χ3n) is 2.77. The van der Waals surface area contributed by atoms with Crippen molar-refractivity contribution in [3.05, 3.63) is 29.3 Å². The van der Waals surface area contributed by atoms with E-state index in [9.17, 15) is 0 Å². The lowest BCUT2D eigenvalue weighted by molar-refractivity contribution is 0.295. The zero-order valence-corrected chi connectivity index (χ0v) is 12.2. The van der Waals surface area contributed by atoms with E-state index < -0.39 is 0 Å². The van der Waals surface area contributed by atoms with Crippen LogP contribution in [0.15, 0.2) is 18.2 Å². The van der Waals surface area contributed by atoms with Gasteiger partial charge in [0.05, 0.1) is 7.11 Å². The number of benzene rings is 1. The summed E-state index contributed by atoms with van der Waals surface area (Å²) < 4.78 is 5.32. The molecule has 0 N–H and O–H groups in total. The molecule has 0 bridgehead atoms. The molecule has 0 amide bonds. The van der Waals surface area contributed by atoms with Crippen LogP contribution in [0, 0.1) is 6.92 Å². The van der Waals surface area contributed by atoms with Crippen molar-refractivity contribution in [2.24, 2.45) is 0 Å². The van der Waals surface area contributed by atoms with Gasteiger partial charge in [-0.2, -0.15) is 0 Å². The molecule has 0 radical (unpaired) electrons. The first-order valence-electron chi connectivity index (χ1n) is 6.57. The maximum Gasteiger partial charge on any atom is 0.122 e. The van der Waals surface area contributed by atoms with Crippen LogP contribution in [-0.2, 0) is 6.54 Å². The van der Waals surface area contributed by atoms with Gasteiger partial charge < -0.3 is 4.74 Å². The Balaban J connectivity index is 0.00000121. The molecule has 98 valence electrons.